The molecular formula is C20H30N2O. The van der Waals surface area contributed by atoms with E-state index in [4.69, 9.17) is 4.52 Å². The normalized spacial score (nSPS) is 12.6. The second kappa shape index (κ2) is 8.76. The number of hydrogen-bond acceptors (Lipinski definition) is 3. The van der Waals surface area contributed by atoms with Crippen molar-refractivity contribution >= 4 is 5.88 Å². The Balaban J connectivity index is 2.02. The van der Waals surface area contributed by atoms with Gasteiger partial charge < -0.3 is 9.42 Å². The highest BCUT2D eigenvalue weighted by Gasteiger charge is 2.18. The first-order chi connectivity index (χ1) is 11.1. The van der Waals surface area contributed by atoms with Gasteiger partial charge in [-0.2, -0.15) is 0 Å². The van der Waals surface area contributed by atoms with Crippen LogP contribution in [0, 0.1) is 5.92 Å². The molecule has 0 aliphatic heterocycles. The van der Waals surface area contributed by atoms with Crippen LogP contribution < -0.4 is 4.90 Å². The Labute approximate surface area is 140 Å². The largest absolute Gasteiger partial charge is 0.339 e. The van der Waals surface area contributed by atoms with Crippen molar-refractivity contribution in [2.45, 2.75) is 58.9 Å². The molecule has 0 aliphatic rings. The molecule has 0 saturated heterocycles. The zero-order valence-corrected chi connectivity index (χ0v) is 15.0. The number of hydrogen-bond donors (Lipinski definition) is 0. The highest BCUT2D eigenvalue weighted by atomic mass is 16.5. The molecule has 0 amide bonds. The van der Waals surface area contributed by atoms with Crippen molar-refractivity contribution in [2.24, 2.45) is 5.92 Å². The molecule has 0 spiro atoms. The molecule has 1 aromatic carbocycles. The summed E-state index contributed by atoms with van der Waals surface area (Å²) in [4.78, 5) is 2.12. The molecule has 0 N–H and O–H groups in total. The van der Waals surface area contributed by atoms with Crippen molar-refractivity contribution in [3.8, 4) is 0 Å². The monoisotopic (exact) mass is 314 g/mol. The number of aromatic nitrogens is 1. The third-order valence-electron chi connectivity index (χ3n) is 4.30. The molecule has 1 unspecified atom stereocenters. The third-order valence-corrected chi connectivity index (χ3v) is 4.30. The molecule has 2 rings (SSSR count). The first-order valence-electron chi connectivity index (χ1n) is 8.81. The fourth-order valence-electron chi connectivity index (χ4n) is 2.91. The summed E-state index contributed by atoms with van der Waals surface area (Å²) < 4.78 is 5.61. The standard InChI is InChI=1S/C20H30N2O/c1-5-9-18(13-12-16(2)3)19-14-20(23-21-19)22(4)15-17-10-7-6-8-11-17/h6-8,10-11,14,16,18H,5,9,12-13,15H2,1-4H3. The molecule has 0 fully saturated rings. The smallest absolute Gasteiger partial charge is 0.227 e. The quantitative estimate of drug-likeness (QED) is 0.600. The zero-order valence-electron chi connectivity index (χ0n) is 15.0. The van der Waals surface area contributed by atoms with E-state index in [0.29, 0.717) is 5.92 Å². The number of rotatable bonds is 9. The Morgan fingerprint density at radius 2 is 1.83 bits per heavy atom. The summed E-state index contributed by atoms with van der Waals surface area (Å²) in [5, 5.41) is 4.36. The highest BCUT2D eigenvalue weighted by molar-refractivity contribution is 5.37. The zero-order chi connectivity index (χ0) is 16.7. The van der Waals surface area contributed by atoms with Crippen LogP contribution in [-0.2, 0) is 6.54 Å². The Kier molecular flexibility index (Phi) is 6.69. The minimum absolute atomic E-state index is 0.519. The first kappa shape index (κ1) is 17.6. The topological polar surface area (TPSA) is 29.3 Å². The van der Waals surface area contributed by atoms with Gasteiger partial charge in [-0.1, -0.05) is 69.1 Å². The van der Waals surface area contributed by atoms with E-state index in [9.17, 15) is 0 Å². The van der Waals surface area contributed by atoms with Gasteiger partial charge in [0.05, 0.1) is 5.69 Å². The average molecular weight is 314 g/mol. The first-order valence-corrected chi connectivity index (χ1v) is 8.81. The van der Waals surface area contributed by atoms with E-state index >= 15 is 0 Å². The molecule has 23 heavy (non-hydrogen) atoms. The molecule has 1 atom stereocenters. The summed E-state index contributed by atoms with van der Waals surface area (Å²) >= 11 is 0. The molecule has 1 heterocycles. The van der Waals surface area contributed by atoms with Gasteiger partial charge in [0.25, 0.3) is 0 Å². The van der Waals surface area contributed by atoms with Crippen molar-refractivity contribution in [1.29, 1.82) is 0 Å². The van der Waals surface area contributed by atoms with Crippen LogP contribution in [0.25, 0.3) is 0 Å². The van der Waals surface area contributed by atoms with Crippen LogP contribution in [0.15, 0.2) is 40.9 Å². The third kappa shape index (κ3) is 5.42. The summed E-state index contributed by atoms with van der Waals surface area (Å²) in [6, 6.07) is 12.6. The van der Waals surface area contributed by atoms with E-state index in [-0.39, 0.29) is 0 Å². The van der Waals surface area contributed by atoms with E-state index in [1.165, 1.54) is 31.2 Å². The van der Waals surface area contributed by atoms with Crippen LogP contribution in [0.4, 0.5) is 5.88 Å². The predicted molar refractivity (Wildman–Crippen MR) is 96.8 cm³/mol. The van der Waals surface area contributed by atoms with Crippen LogP contribution in [0.5, 0.6) is 0 Å². The summed E-state index contributed by atoms with van der Waals surface area (Å²) in [7, 11) is 2.06. The molecule has 0 bridgehead atoms. The average Bonchev–Trinajstić information content (AvgIpc) is 3.02. The highest BCUT2D eigenvalue weighted by Crippen LogP contribution is 2.30. The van der Waals surface area contributed by atoms with Crippen LogP contribution >= 0.6 is 0 Å². The Hall–Kier alpha value is -1.77. The van der Waals surface area contributed by atoms with Crippen molar-refractivity contribution < 1.29 is 4.52 Å². The summed E-state index contributed by atoms with van der Waals surface area (Å²) in [5.41, 5.74) is 2.39. The Morgan fingerprint density at radius 3 is 2.48 bits per heavy atom. The minimum atomic E-state index is 0.519. The second-order valence-electron chi connectivity index (χ2n) is 6.89. The Morgan fingerprint density at radius 1 is 1.09 bits per heavy atom. The SMILES string of the molecule is CCCC(CCC(C)C)c1cc(N(C)Cc2ccccc2)on1. The van der Waals surface area contributed by atoms with Gasteiger partial charge in [-0.15, -0.1) is 0 Å². The van der Waals surface area contributed by atoms with Gasteiger partial charge in [0.1, 0.15) is 0 Å². The summed E-state index contributed by atoms with van der Waals surface area (Å²) in [6.45, 7) is 7.64. The van der Waals surface area contributed by atoms with Gasteiger partial charge in [-0.3, -0.25) is 0 Å². The minimum Gasteiger partial charge on any atom is -0.339 e. The maximum atomic E-state index is 5.61. The van der Waals surface area contributed by atoms with Gasteiger partial charge in [0.15, 0.2) is 0 Å². The molecule has 0 saturated carbocycles. The van der Waals surface area contributed by atoms with Crippen LogP contribution in [0.1, 0.15) is 63.6 Å². The van der Waals surface area contributed by atoms with E-state index < -0.39 is 0 Å². The fraction of sp³-hybridized carbons (Fsp3) is 0.550. The maximum Gasteiger partial charge on any atom is 0.227 e. The predicted octanol–water partition coefficient (Wildman–Crippen LogP) is 5.63. The molecule has 3 nitrogen and oxygen atoms in total. The molecule has 1 aromatic heterocycles. The maximum absolute atomic E-state index is 5.61. The van der Waals surface area contributed by atoms with Gasteiger partial charge in [0.2, 0.25) is 5.88 Å². The summed E-state index contributed by atoms with van der Waals surface area (Å²) in [6.07, 6.45) is 4.80. The fourth-order valence-corrected chi connectivity index (χ4v) is 2.91. The molecule has 0 aliphatic carbocycles. The van der Waals surface area contributed by atoms with Gasteiger partial charge in [-0.25, -0.2) is 0 Å². The van der Waals surface area contributed by atoms with E-state index in [0.717, 1.165) is 24.0 Å². The van der Waals surface area contributed by atoms with Crippen molar-refractivity contribution in [2.75, 3.05) is 11.9 Å². The lowest BCUT2D eigenvalue weighted by Crippen LogP contribution is -2.15. The van der Waals surface area contributed by atoms with Crippen LogP contribution in [0.2, 0.25) is 0 Å². The molecular weight excluding hydrogens is 284 g/mol. The van der Waals surface area contributed by atoms with E-state index in [2.05, 4.69) is 68.2 Å². The lowest BCUT2D eigenvalue weighted by molar-refractivity contribution is 0.392. The number of anilines is 1. The van der Waals surface area contributed by atoms with Crippen LogP contribution in [0.3, 0.4) is 0 Å². The molecule has 2 aromatic rings. The molecule has 126 valence electrons. The molecule has 0 radical (unpaired) electrons. The van der Waals surface area contributed by atoms with Crippen LogP contribution in [-0.4, -0.2) is 12.2 Å². The number of benzene rings is 1. The summed E-state index contributed by atoms with van der Waals surface area (Å²) in [5.74, 6) is 2.11. The van der Waals surface area contributed by atoms with Gasteiger partial charge in [0, 0.05) is 25.6 Å². The van der Waals surface area contributed by atoms with E-state index in [1.54, 1.807) is 0 Å². The van der Waals surface area contributed by atoms with Gasteiger partial charge >= 0.3 is 0 Å². The lowest BCUT2D eigenvalue weighted by Gasteiger charge is -2.15. The number of nitrogens with zero attached hydrogens (tertiary/aromatic N) is 2. The van der Waals surface area contributed by atoms with E-state index in [1.807, 2.05) is 6.07 Å². The van der Waals surface area contributed by atoms with Crippen molar-refractivity contribution in [1.82, 2.24) is 5.16 Å². The molecule has 3 heteroatoms. The lowest BCUT2D eigenvalue weighted by atomic mass is 9.91. The second-order valence-corrected chi connectivity index (χ2v) is 6.89. The Bertz CT molecular complexity index is 562. The van der Waals surface area contributed by atoms with Gasteiger partial charge in [-0.05, 0) is 24.3 Å². The van der Waals surface area contributed by atoms with Crippen molar-refractivity contribution in [3.63, 3.8) is 0 Å². The van der Waals surface area contributed by atoms with Crippen molar-refractivity contribution in [3.05, 3.63) is 47.7 Å².